The van der Waals surface area contributed by atoms with Gasteiger partial charge in [-0.1, -0.05) is 158 Å². The SMILES string of the molecule is c1ccc(-c2cc3nc(-n4c5c(c6cc(-c7ccc8c9ccccc9n(-c9ccccc9)c8c7)ccc64)-c4ccccc4CC5)nc(-c4ccc(N(c5ccccc5)c5ccccc5)cc4)c3s2)cc1. The summed E-state index contributed by atoms with van der Waals surface area (Å²) in [7, 11) is 0. The van der Waals surface area contributed by atoms with Crippen LogP contribution in [0.25, 0.3) is 98.5 Å². The zero-order valence-electron chi connectivity index (χ0n) is 38.1. The molecule has 0 N–H and O–H groups in total. The van der Waals surface area contributed by atoms with Gasteiger partial charge in [0, 0.05) is 60.6 Å². The highest BCUT2D eigenvalue weighted by Crippen LogP contribution is 2.46. The van der Waals surface area contributed by atoms with Gasteiger partial charge < -0.3 is 9.47 Å². The van der Waals surface area contributed by atoms with E-state index in [4.69, 9.17) is 9.97 Å². The summed E-state index contributed by atoms with van der Waals surface area (Å²) >= 11 is 1.76. The molecule has 4 heterocycles. The first-order valence-electron chi connectivity index (χ1n) is 23.9. The summed E-state index contributed by atoms with van der Waals surface area (Å²) in [6.45, 7) is 0. The Hall–Kier alpha value is -8.84. The van der Waals surface area contributed by atoms with Crippen LogP contribution in [0.1, 0.15) is 11.3 Å². The van der Waals surface area contributed by atoms with Gasteiger partial charge in [-0.25, -0.2) is 9.97 Å². The van der Waals surface area contributed by atoms with Gasteiger partial charge in [0.1, 0.15) is 0 Å². The molecule has 0 amide bonds. The molecule has 330 valence electrons. The molecule has 0 spiro atoms. The van der Waals surface area contributed by atoms with Crippen LogP contribution in [0.4, 0.5) is 17.1 Å². The van der Waals surface area contributed by atoms with Crippen molar-refractivity contribution >= 4 is 71.3 Å². The normalized spacial score (nSPS) is 12.2. The number of rotatable bonds is 8. The number of para-hydroxylation sites is 4. The topological polar surface area (TPSA) is 38.9 Å². The van der Waals surface area contributed by atoms with Crippen molar-refractivity contribution in [2.24, 2.45) is 0 Å². The van der Waals surface area contributed by atoms with E-state index in [-0.39, 0.29) is 0 Å². The van der Waals surface area contributed by atoms with E-state index in [1.165, 1.54) is 71.1 Å². The molecule has 14 rings (SSSR count). The number of hydrogen-bond acceptors (Lipinski definition) is 4. The number of aromatic nitrogens is 4. The van der Waals surface area contributed by atoms with Gasteiger partial charge in [0.15, 0.2) is 0 Å². The summed E-state index contributed by atoms with van der Waals surface area (Å²) in [5.41, 5.74) is 19.5. The fourth-order valence-electron chi connectivity index (χ4n) is 10.9. The molecule has 0 unspecified atom stereocenters. The molecular formula is C64H43N5S. The van der Waals surface area contributed by atoms with Gasteiger partial charge in [-0.15, -0.1) is 11.3 Å². The maximum Gasteiger partial charge on any atom is 0.235 e. The highest BCUT2D eigenvalue weighted by molar-refractivity contribution is 7.22. The van der Waals surface area contributed by atoms with Crippen molar-refractivity contribution in [3.63, 3.8) is 0 Å². The van der Waals surface area contributed by atoms with E-state index >= 15 is 0 Å². The van der Waals surface area contributed by atoms with Crippen LogP contribution < -0.4 is 4.90 Å². The van der Waals surface area contributed by atoms with E-state index < -0.39 is 0 Å². The number of hydrogen-bond donors (Lipinski definition) is 0. The lowest BCUT2D eigenvalue weighted by Crippen LogP contribution is -2.11. The van der Waals surface area contributed by atoms with Gasteiger partial charge in [0.25, 0.3) is 0 Å². The number of nitrogens with zero attached hydrogens (tertiary/aromatic N) is 5. The van der Waals surface area contributed by atoms with E-state index in [2.05, 4.69) is 251 Å². The highest BCUT2D eigenvalue weighted by Gasteiger charge is 2.28. The van der Waals surface area contributed by atoms with E-state index in [9.17, 15) is 0 Å². The Bertz CT molecular complexity index is 4060. The molecule has 4 aromatic heterocycles. The van der Waals surface area contributed by atoms with Crippen molar-refractivity contribution in [1.82, 2.24) is 19.1 Å². The third kappa shape index (κ3) is 6.60. The highest BCUT2D eigenvalue weighted by atomic mass is 32.1. The summed E-state index contributed by atoms with van der Waals surface area (Å²) in [4.78, 5) is 14.6. The summed E-state index contributed by atoms with van der Waals surface area (Å²) in [6.07, 6.45) is 1.82. The Labute approximate surface area is 409 Å². The lowest BCUT2D eigenvalue weighted by Gasteiger charge is -2.25. The molecular weight excluding hydrogens is 871 g/mol. The smallest absolute Gasteiger partial charge is 0.235 e. The van der Waals surface area contributed by atoms with Crippen molar-refractivity contribution in [2.75, 3.05) is 4.90 Å². The summed E-state index contributed by atoms with van der Waals surface area (Å²) in [6, 6.07) is 85.2. The number of anilines is 3. The van der Waals surface area contributed by atoms with Crippen molar-refractivity contribution in [3.05, 3.63) is 248 Å². The first-order chi connectivity index (χ1) is 34.7. The molecule has 5 nitrogen and oxygen atoms in total. The Kier molecular flexibility index (Phi) is 9.45. The van der Waals surface area contributed by atoms with Gasteiger partial charge in [-0.05, 0) is 120 Å². The molecule has 13 aromatic rings. The first-order valence-corrected chi connectivity index (χ1v) is 24.8. The molecule has 9 aromatic carbocycles. The number of fused-ring (bicyclic) bond motifs is 9. The minimum Gasteiger partial charge on any atom is -0.311 e. The third-order valence-electron chi connectivity index (χ3n) is 14.1. The molecule has 0 aliphatic heterocycles. The maximum absolute atomic E-state index is 5.65. The van der Waals surface area contributed by atoms with Crippen LogP contribution in [0.15, 0.2) is 237 Å². The fraction of sp³-hybridized carbons (Fsp3) is 0.0312. The molecule has 1 aliphatic rings. The first kappa shape index (κ1) is 40.2. The quantitative estimate of drug-likeness (QED) is 0.152. The Morgan fingerprint density at radius 1 is 0.414 bits per heavy atom. The minimum atomic E-state index is 0.686. The van der Waals surface area contributed by atoms with Crippen LogP contribution in [0, 0.1) is 0 Å². The van der Waals surface area contributed by atoms with Gasteiger partial charge in [0.05, 0.1) is 32.5 Å². The molecule has 0 radical (unpaired) electrons. The molecule has 1 aliphatic carbocycles. The summed E-state index contributed by atoms with van der Waals surface area (Å²) in [5, 5.41) is 3.70. The van der Waals surface area contributed by atoms with E-state index in [1.807, 2.05) is 0 Å². The van der Waals surface area contributed by atoms with Crippen LogP contribution in [-0.4, -0.2) is 19.1 Å². The maximum atomic E-state index is 5.65. The number of benzene rings is 9. The van der Waals surface area contributed by atoms with Crippen LogP contribution in [0.2, 0.25) is 0 Å². The van der Waals surface area contributed by atoms with E-state index in [0.717, 1.165) is 62.6 Å². The molecule has 0 saturated heterocycles. The average Bonchev–Trinajstić information content (AvgIpc) is 4.12. The molecule has 0 atom stereocenters. The molecule has 0 saturated carbocycles. The second-order valence-corrected chi connectivity index (χ2v) is 19.1. The molecule has 70 heavy (non-hydrogen) atoms. The average molecular weight is 914 g/mol. The lowest BCUT2D eigenvalue weighted by atomic mass is 9.87. The van der Waals surface area contributed by atoms with E-state index in [1.54, 1.807) is 11.3 Å². The van der Waals surface area contributed by atoms with Crippen molar-refractivity contribution in [1.29, 1.82) is 0 Å². The van der Waals surface area contributed by atoms with E-state index in [0.29, 0.717) is 5.95 Å². The van der Waals surface area contributed by atoms with Crippen LogP contribution in [-0.2, 0) is 12.8 Å². The second kappa shape index (κ2) is 16.4. The monoisotopic (exact) mass is 913 g/mol. The zero-order chi connectivity index (χ0) is 46.1. The third-order valence-corrected chi connectivity index (χ3v) is 15.2. The number of aryl methyl sites for hydroxylation is 1. The Balaban J connectivity index is 0.961. The Morgan fingerprint density at radius 3 is 1.79 bits per heavy atom. The predicted octanol–water partition coefficient (Wildman–Crippen LogP) is 17.0. The van der Waals surface area contributed by atoms with Crippen molar-refractivity contribution in [2.45, 2.75) is 12.8 Å². The molecule has 0 fully saturated rings. The fourth-order valence-corrected chi connectivity index (χ4v) is 12.0. The van der Waals surface area contributed by atoms with Crippen LogP contribution in [0.3, 0.4) is 0 Å². The second-order valence-electron chi connectivity index (χ2n) is 18.1. The zero-order valence-corrected chi connectivity index (χ0v) is 38.9. The van der Waals surface area contributed by atoms with Gasteiger partial charge in [-0.3, -0.25) is 4.57 Å². The minimum absolute atomic E-state index is 0.686. The van der Waals surface area contributed by atoms with Gasteiger partial charge in [-0.2, -0.15) is 0 Å². The summed E-state index contributed by atoms with van der Waals surface area (Å²) in [5.74, 6) is 0.686. The van der Waals surface area contributed by atoms with Crippen molar-refractivity contribution < 1.29 is 0 Å². The largest absolute Gasteiger partial charge is 0.311 e. The summed E-state index contributed by atoms with van der Waals surface area (Å²) < 4.78 is 5.83. The molecule has 0 bridgehead atoms. The van der Waals surface area contributed by atoms with Crippen LogP contribution >= 0.6 is 11.3 Å². The van der Waals surface area contributed by atoms with Gasteiger partial charge >= 0.3 is 0 Å². The lowest BCUT2D eigenvalue weighted by molar-refractivity contribution is 0.837. The van der Waals surface area contributed by atoms with Gasteiger partial charge in [0.2, 0.25) is 5.95 Å². The van der Waals surface area contributed by atoms with Crippen LogP contribution in [0.5, 0.6) is 0 Å². The number of thiophene rings is 1. The predicted molar refractivity (Wildman–Crippen MR) is 292 cm³/mol. The Morgan fingerprint density at radius 2 is 1.01 bits per heavy atom. The van der Waals surface area contributed by atoms with Crippen molar-refractivity contribution in [3.8, 4) is 55.6 Å². The molecule has 6 heteroatoms. The standard InChI is InChI=1S/C64H43N5S/c1-5-18-43(19-6-1)60-41-55-63(70-60)62(44-29-34-50(35-30-44)67(47-20-7-2-8-21-47)48-22-9-3-10-23-48)66-64(65-55)69-57-37-33-45(39-54(57)61-51-26-14-13-17-42(51)32-38-58(61)69)46-31-36-53-52-27-15-16-28-56(52)68(59(53)40-46)49-24-11-4-12-25-49/h1-31,33-37,39-41H,32,38H2.